The lowest BCUT2D eigenvalue weighted by Crippen LogP contribution is -2.50. The fourth-order valence-corrected chi connectivity index (χ4v) is 4.23. The molecular formula is C23H24Cl2N4O. The van der Waals surface area contributed by atoms with Crippen molar-refractivity contribution in [2.45, 2.75) is 39.9 Å². The van der Waals surface area contributed by atoms with Gasteiger partial charge in [0.15, 0.2) is 0 Å². The molecule has 0 unspecified atom stereocenters. The molecule has 1 aliphatic rings. The number of aromatic nitrogens is 2. The molecule has 0 N–H and O–H groups in total. The maximum Gasteiger partial charge on any atom is 0.259 e. The van der Waals surface area contributed by atoms with Crippen molar-refractivity contribution in [2.75, 3.05) is 11.6 Å². The number of rotatable bonds is 4. The Morgan fingerprint density at radius 2 is 1.70 bits per heavy atom. The normalized spacial score (nSPS) is 14.3. The summed E-state index contributed by atoms with van der Waals surface area (Å²) < 4.78 is 1.75. The van der Waals surface area contributed by atoms with Crippen molar-refractivity contribution in [3.05, 3.63) is 85.8 Å². The predicted molar refractivity (Wildman–Crippen MR) is 123 cm³/mol. The van der Waals surface area contributed by atoms with Crippen LogP contribution in [0.25, 0.3) is 0 Å². The molecule has 3 aromatic rings. The van der Waals surface area contributed by atoms with Gasteiger partial charge in [0, 0.05) is 33.8 Å². The van der Waals surface area contributed by atoms with Gasteiger partial charge in [0.1, 0.15) is 0 Å². The molecule has 1 aromatic heterocycles. The van der Waals surface area contributed by atoms with E-state index in [1.165, 1.54) is 0 Å². The van der Waals surface area contributed by atoms with Crippen LogP contribution in [0.4, 0.5) is 11.6 Å². The Bertz CT molecular complexity index is 1110. The van der Waals surface area contributed by atoms with E-state index in [0.29, 0.717) is 35.8 Å². The Labute approximate surface area is 186 Å². The Balaban J connectivity index is 1.85. The molecule has 4 rings (SSSR count). The van der Waals surface area contributed by atoms with Crippen LogP contribution in [0.15, 0.2) is 53.3 Å². The predicted octanol–water partition coefficient (Wildman–Crippen LogP) is 5.23. The molecule has 0 saturated carbocycles. The smallest absolute Gasteiger partial charge is 0.259 e. The summed E-state index contributed by atoms with van der Waals surface area (Å²) in [6, 6.07) is 15.7. The van der Waals surface area contributed by atoms with Gasteiger partial charge in [-0.2, -0.15) is 0 Å². The van der Waals surface area contributed by atoms with Crippen molar-refractivity contribution in [1.29, 1.82) is 0 Å². The molecule has 0 aliphatic carbocycles. The third kappa shape index (κ3) is 4.10. The number of benzene rings is 2. The number of hydrogen-bond donors (Lipinski definition) is 0. The SMILES string of the molecule is Cc1nc2n(c(=O)c1Cc1ccccc1)CN(C(C)C)CN2c1cc(Cl)cc(Cl)c1. The summed E-state index contributed by atoms with van der Waals surface area (Å²) in [7, 11) is 0. The highest BCUT2D eigenvalue weighted by atomic mass is 35.5. The summed E-state index contributed by atoms with van der Waals surface area (Å²) in [5, 5.41) is 1.09. The highest BCUT2D eigenvalue weighted by Gasteiger charge is 2.29. The first-order chi connectivity index (χ1) is 14.3. The molecule has 1 aliphatic heterocycles. The van der Waals surface area contributed by atoms with Crippen molar-refractivity contribution in [3.63, 3.8) is 0 Å². The minimum Gasteiger partial charge on any atom is -0.298 e. The average molecular weight is 443 g/mol. The Morgan fingerprint density at radius 1 is 1.03 bits per heavy atom. The molecular weight excluding hydrogens is 419 g/mol. The molecule has 2 aromatic carbocycles. The second-order valence-corrected chi connectivity index (χ2v) is 8.77. The second-order valence-electron chi connectivity index (χ2n) is 7.89. The van der Waals surface area contributed by atoms with Gasteiger partial charge in [-0.1, -0.05) is 53.5 Å². The van der Waals surface area contributed by atoms with E-state index >= 15 is 0 Å². The first-order valence-electron chi connectivity index (χ1n) is 9.95. The van der Waals surface area contributed by atoms with Crippen molar-refractivity contribution >= 4 is 34.8 Å². The lowest BCUT2D eigenvalue weighted by molar-refractivity contribution is 0.156. The van der Waals surface area contributed by atoms with Gasteiger partial charge in [0.05, 0.1) is 19.0 Å². The van der Waals surface area contributed by atoms with Gasteiger partial charge >= 0.3 is 0 Å². The number of halogens is 2. The zero-order valence-electron chi connectivity index (χ0n) is 17.3. The Kier molecular flexibility index (Phi) is 5.87. The van der Waals surface area contributed by atoms with Crippen LogP contribution >= 0.6 is 23.2 Å². The number of nitrogens with zero attached hydrogens (tertiary/aromatic N) is 4. The van der Waals surface area contributed by atoms with E-state index < -0.39 is 0 Å². The van der Waals surface area contributed by atoms with Crippen LogP contribution in [0.2, 0.25) is 10.0 Å². The summed E-state index contributed by atoms with van der Waals surface area (Å²) in [6.07, 6.45) is 0.559. The first kappa shape index (κ1) is 20.9. The number of anilines is 2. The van der Waals surface area contributed by atoms with Gasteiger partial charge in [-0.15, -0.1) is 0 Å². The molecule has 30 heavy (non-hydrogen) atoms. The lowest BCUT2D eigenvalue weighted by atomic mass is 10.1. The molecule has 5 nitrogen and oxygen atoms in total. The first-order valence-corrected chi connectivity index (χ1v) is 10.7. The standard InChI is InChI=1S/C23H24Cl2N4O/c1-15(2)27-13-28(20-11-18(24)10-19(25)12-20)23-26-16(3)21(22(30)29(23)14-27)9-17-7-5-4-6-8-17/h4-8,10-12,15H,9,13-14H2,1-3H3. The third-order valence-corrected chi connectivity index (χ3v) is 5.89. The molecule has 0 bridgehead atoms. The molecule has 0 radical (unpaired) electrons. The van der Waals surface area contributed by atoms with Crippen LogP contribution in [-0.4, -0.2) is 27.2 Å². The summed E-state index contributed by atoms with van der Waals surface area (Å²) in [6.45, 7) is 7.22. The monoisotopic (exact) mass is 442 g/mol. The second kappa shape index (κ2) is 8.42. The third-order valence-electron chi connectivity index (χ3n) is 5.45. The Hall–Kier alpha value is -2.34. The van der Waals surface area contributed by atoms with Gasteiger partial charge in [-0.3, -0.25) is 19.2 Å². The highest BCUT2D eigenvalue weighted by Crippen LogP contribution is 2.32. The molecule has 0 atom stereocenters. The summed E-state index contributed by atoms with van der Waals surface area (Å²) in [4.78, 5) is 22.6. The van der Waals surface area contributed by atoms with Gasteiger partial charge in [0.25, 0.3) is 5.56 Å². The minimum atomic E-state index is -0.00942. The number of fused-ring (bicyclic) bond motifs is 1. The van der Waals surface area contributed by atoms with Crippen LogP contribution in [0, 0.1) is 6.92 Å². The van der Waals surface area contributed by atoms with Crippen LogP contribution in [0.5, 0.6) is 0 Å². The zero-order chi connectivity index (χ0) is 21.4. The fraction of sp³-hybridized carbons (Fsp3) is 0.304. The molecule has 0 amide bonds. The van der Waals surface area contributed by atoms with Crippen molar-refractivity contribution in [2.24, 2.45) is 0 Å². The average Bonchev–Trinajstić information content (AvgIpc) is 2.70. The summed E-state index contributed by atoms with van der Waals surface area (Å²) in [5.74, 6) is 0.615. The topological polar surface area (TPSA) is 41.4 Å². The molecule has 7 heteroatoms. The van der Waals surface area contributed by atoms with Gasteiger partial charge < -0.3 is 0 Å². The van der Waals surface area contributed by atoms with E-state index in [4.69, 9.17) is 28.2 Å². The van der Waals surface area contributed by atoms with E-state index in [-0.39, 0.29) is 11.6 Å². The molecule has 0 saturated heterocycles. The van der Waals surface area contributed by atoms with Crippen LogP contribution in [0.3, 0.4) is 0 Å². The largest absolute Gasteiger partial charge is 0.298 e. The van der Waals surface area contributed by atoms with E-state index in [1.807, 2.05) is 54.3 Å². The van der Waals surface area contributed by atoms with Gasteiger partial charge in [-0.25, -0.2) is 4.98 Å². The maximum absolute atomic E-state index is 13.5. The van der Waals surface area contributed by atoms with E-state index in [2.05, 4.69) is 18.7 Å². The van der Waals surface area contributed by atoms with E-state index in [0.717, 1.165) is 22.5 Å². The minimum absolute atomic E-state index is 0.00942. The van der Waals surface area contributed by atoms with E-state index in [9.17, 15) is 4.79 Å². The van der Waals surface area contributed by atoms with Crippen molar-refractivity contribution in [3.8, 4) is 0 Å². The quantitative estimate of drug-likeness (QED) is 0.554. The van der Waals surface area contributed by atoms with E-state index in [1.54, 1.807) is 10.6 Å². The van der Waals surface area contributed by atoms with Gasteiger partial charge in [-0.05, 0) is 44.5 Å². The van der Waals surface area contributed by atoms with Crippen molar-refractivity contribution in [1.82, 2.24) is 14.5 Å². The van der Waals surface area contributed by atoms with Crippen LogP contribution < -0.4 is 10.5 Å². The molecule has 0 spiro atoms. The lowest BCUT2D eigenvalue weighted by Gasteiger charge is -2.40. The molecule has 2 heterocycles. The number of aryl methyl sites for hydroxylation is 1. The summed E-state index contributed by atoms with van der Waals surface area (Å²) in [5.41, 5.74) is 3.36. The van der Waals surface area contributed by atoms with Crippen LogP contribution in [-0.2, 0) is 13.1 Å². The summed E-state index contributed by atoms with van der Waals surface area (Å²) >= 11 is 12.5. The highest BCUT2D eigenvalue weighted by molar-refractivity contribution is 6.35. The van der Waals surface area contributed by atoms with Crippen molar-refractivity contribution < 1.29 is 0 Å². The number of hydrogen-bond acceptors (Lipinski definition) is 4. The van der Waals surface area contributed by atoms with Gasteiger partial charge in [0.2, 0.25) is 5.95 Å². The van der Waals surface area contributed by atoms with Crippen LogP contribution in [0.1, 0.15) is 30.7 Å². The maximum atomic E-state index is 13.5. The Morgan fingerprint density at radius 3 is 2.33 bits per heavy atom. The molecule has 156 valence electrons. The zero-order valence-corrected chi connectivity index (χ0v) is 18.8. The molecule has 0 fully saturated rings. The fourth-order valence-electron chi connectivity index (χ4n) is 3.71.